The molecule has 0 heterocycles. The topological polar surface area (TPSA) is 41.1 Å². The van der Waals surface area contributed by atoms with Crippen molar-refractivity contribution in [1.82, 2.24) is 5.32 Å². The van der Waals surface area contributed by atoms with Crippen LogP contribution in [0.5, 0.6) is 0 Å². The Bertz CT molecular complexity index is 630. The number of carbonyl (C=O) groups excluding carboxylic acids is 1. The number of hydrogen-bond acceptors (Lipinski definition) is 2. The van der Waals surface area contributed by atoms with Gasteiger partial charge in [-0.3, -0.25) is 4.79 Å². The highest BCUT2D eigenvalue weighted by Crippen LogP contribution is 2.12. The Labute approximate surface area is 139 Å². The van der Waals surface area contributed by atoms with Gasteiger partial charge >= 0.3 is 0 Å². The first-order valence-corrected chi connectivity index (χ1v) is 8.16. The maximum absolute atomic E-state index is 12.2. The summed E-state index contributed by atoms with van der Waals surface area (Å²) in [5.41, 5.74) is 3.85. The summed E-state index contributed by atoms with van der Waals surface area (Å²) >= 11 is 0. The maximum Gasteiger partial charge on any atom is 0.255 e. The third-order valence-corrected chi connectivity index (χ3v) is 4.15. The van der Waals surface area contributed by atoms with E-state index in [1.54, 1.807) is 0 Å². The van der Waals surface area contributed by atoms with Crippen LogP contribution in [0.1, 0.15) is 42.3 Å². The molecule has 3 heteroatoms. The molecule has 23 heavy (non-hydrogen) atoms. The van der Waals surface area contributed by atoms with E-state index in [2.05, 4.69) is 31.4 Å². The summed E-state index contributed by atoms with van der Waals surface area (Å²) in [4.78, 5) is 12.2. The molecule has 2 N–H and O–H groups in total. The van der Waals surface area contributed by atoms with Crippen LogP contribution < -0.4 is 10.6 Å². The number of benzene rings is 2. The molecule has 2 rings (SSSR count). The molecule has 0 unspecified atom stereocenters. The molecule has 0 aliphatic rings. The molecule has 0 bridgehead atoms. The van der Waals surface area contributed by atoms with Crippen molar-refractivity contribution >= 4 is 11.6 Å². The van der Waals surface area contributed by atoms with Crippen molar-refractivity contribution in [2.45, 2.75) is 40.3 Å². The quantitative estimate of drug-likeness (QED) is 0.831. The van der Waals surface area contributed by atoms with E-state index in [9.17, 15) is 4.79 Å². The van der Waals surface area contributed by atoms with Crippen LogP contribution in [0, 0.1) is 12.8 Å². The van der Waals surface area contributed by atoms with E-state index in [-0.39, 0.29) is 5.91 Å². The average molecular weight is 310 g/mol. The van der Waals surface area contributed by atoms with E-state index in [4.69, 9.17) is 0 Å². The zero-order valence-corrected chi connectivity index (χ0v) is 14.4. The monoisotopic (exact) mass is 310 g/mol. The SMILES string of the molecule is Cc1ccc(C(=O)Nc2ccc(CN[C@@H](C)C(C)C)cc2)cc1. The van der Waals surface area contributed by atoms with Crippen LogP contribution in [0.25, 0.3) is 0 Å². The van der Waals surface area contributed by atoms with Crippen molar-refractivity contribution in [1.29, 1.82) is 0 Å². The zero-order valence-electron chi connectivity index (χ0n) is 14.4. The number of hydrogen-bond donors (Lipinski definition) is 2. The standard InChI is InChI=1S/C20H26N2O/c1-14(2)16(4)21-13-17-7-11-19(12-8-17)22-20(23)18-9-5-15(3)6-10-18/h5-12,14,16,21H,13H2,1-4H3,(H,22,23)/t16-/m0/s1. The summed E-state index contributed by atoms with van der Waals surface area (Å²) in [7, 11) is 0. The van der Waals surface area contributed by atoms with Crippen molar-refractivity contribution in [2.75, 3.05) is 5.32 Å². The molecule has 0 saturated heterocycles. The van der Waals surface area contributed by atoms with E-state index in [0.717, 1.165) is 17.8 Å². The van der Waals surface area contributed by atoms with Gasteiger partial charge in [0, 0.05) is 23.8 Å². The Balaban J connectivity index is 1.92. The predicted octanol–water partition coefficient (Wildman–Crippen LogP) is 4.38. The number of amides is 1. The van der Waals surface area contributed by atoms with Gasteiger partial charge in [0.05, 0.1) is 0 Å². The zero-order chi connectivity index (χ0) is 16.8. The Morgan fingerprint density at radius 1 is 0.957 bits per heavy atom. The lowest BCUT2D eigenvalue weighted by Gasteiger charge is -2.17. The van der Waals surface area contributed by atoms with Gasteiger partial charge in [-0.2, -0.15) is 0 Å². The summed E-state index contributed by atoms with van der Waals surface area (Å²) in [5.74, 6) is 0.535. The van der Waals surface area contributed by atoms with Crippen LogP contribution in [-0.2, 0) is 6.54 Å². The molecule has 122 valence electrons. The van der Waals surface area contributed by atoms with Crippen molar-refractivity contribution in [3.05, 3.63) is 65.2 Å². The van der Waals surface area contributed by atoms with Gasteiger partial charge in [-0.25, -0.2) is 0 Å². The van der Waals surface area contributed by atoms with Gasteiger partial charge in [0.2, 0.25) is 0 Å². The van der Waals surface area contributed by atoms with Crippen LogP contribution >= 0.6 is 0 Å². The maximum atomic E-state index is 12.2. The molecule has 0 spiro atoms. The number of nitrogens with one attached hydrogen (secondary N) is 2. The van der Waals surface area contributed by atoms with Gasteiger partial charge in [-0.05, 0) is 49.6 Å². The van der Waals surface area contributed by atoms with Gasteiger partial charge in [0.15, 0.2) is 0 Å². The Hall–Kier alpha value is -2.13. The molecular formula is C20H26N2O. The second kappa shape index (κ2) is 7.93. The Morgan fingerprint density at radius 2 is 1.57 bits per heavy atom. The third kappa shape index (κ3) is 5.22. The first-order chi connectivity index (χ1) is 11.0. The number of carbonyl (C=O) groups is 1. The molecule has 0 saturated carbocycles. The van der Waals surface area contributed by atoms with Crippen LogP contribution in [-0.4, -0.2) is 11.9 Å². The molecule has 1 atom stereocenters. The fourth-order valence-corrected chi connectivity index (χ4v) is 2.13. The van der Waals surface area contributed by atoms with E-state index in [1.807, 2.05) is 55.5 Å². The molecule has 1 amide bonds. The lowest BCUT2D eigenvalue weighted by Crippen LogP contribution is -2.30. The smallest absolute Gasteiger partial charge is 0.255 e. The van der Waals surface area contributed by atoms with Gasteiger partial charge in [-0.1, -0.05) is 43.7 Å². The minimum atomic E-state index is -0.0793. The number of aryl methyl sites for hydroxylation is 1. The van der Waals surface area contributed by atoms with E-state index < -0.39 is 0 Å². The summed E-state index contributed by atoms with van der Waals surface area (Å²) in [5, 5.41) is 6.43. The third-order valence-electron chi connectivity index (χ3n) is 4.15. The molecule has 0 aliphatic heterocycles. The summed E-state index contributed by atoms with van der Waals surface area (Å²) in [6, 6.07) is 16.0. The lowest BCUT2D eigenvalue weighted by molar-refractivity contribution is 0.102. The Morgan fingerprint density at radius 3 is 2.13 bits per heavy atom. The lowest BCUT2D eigenvalue weighted by atomic mass is 10.1. The highest BCUT2D eigenvalue weighted by molar-refractivity contribution is 6.04. The molecule has 2 aromatic carbocycles. The summed E-state index contributed by atoms with van der Waals surface area (Å²) in [6.45, 7) is 9.46. The van der Waals surface area contributed by atoms with Crippen molar-refractivity contribution < 1.29 is 4.79 Å². The highest BCUT2D eigenvalue weighted by Gasteiger charge is 2.07. The molecular weight excluding hydrogens is 284 g/mol. The van der Waals surface area contributed by atoms with Crippen LogP contribution in [0.15, 0.2) is 48.5 Å². The highest BCUT2D eigenvalue weighted by atomic mass is 16.1. The van der Waals surface area contributed by atoms with Crippen molar-refractivity contribution in [3.8, 4) is 0 Å². The first kappa shape index (κ1) is 17.2. The fourth-order valence-electron chi connectivity index (χ4n) is 2.13. The molecule has 3 nitrogen and oxygen atoms in total. The predicted molar refractivity (Wildman–Crippen MR) is 96.7 cm³/mol. The van der Waals surface area contributed by atoms with Crippen LogP contribution in [0.3, 0.4) is 0 Å². The van der Waals surface area contributed by atoms with Gasteiger partial charge < -0.3 is 10.6 Å². The number of rotatable bonds is 6. The fraction of sp³-hybridized carbons (Fsp3) is 0.350. The average Bonchev–Trinajstić information content (AvgIpc) is 2.54. The number of anilines is 1. The molecule has 0 radical (unpaired) electrons. The summed E-state index contributed by atoms with van der Waals surface area (Å²) < 4.78 is 0. The van der Waals surface area contributed by atoms with E-state index >= 15 is 0 Å². The van der Waals surface area contributed by atoms with Gasteiger partial charge in [0.25, 0.3) is 5.91 Å². The van der Waals surface area contributed by atoms with Crippen LogP contribution in [0.4, 0.5) is 5.69 Å². The second-order valence-corrected chi connectivity index (χ2v) is 6.43. The molecule has 2 aromatic rings. The second-order valence-electron chi connectivity index (χ2n) is 6.43. The van der Waals surface area contributed by atoms with Crippen molar-refractivity contribution in [3.63, 3.8) is 0 Å². The minimum Gasteiger partial charge on any atom is -0.322 e. The summed E-state index contributed by atoms with van der Waals surface area (Å²) in [6.07, 6.45) is 0. The molecule has 0 aromatic heterocycles. The van der Waals surface area contributed by atoms with Crippen LogP contribution in [0.2, 0.25) is 0 Å². The largest absolute Gasteiger partial charge is 0.322 e. The minimum absolute atomic E-state index is 0.0793. The van der Waals surface area contributed by atoms with Crippen molar-refractivity contribution in [2.24, 2.45) is 5.92 Å². The Kier molecular flexibility index (Phi) is 5.94. The first-order valence-electron chi connectivity index (χ1n) is 8.16. The molecule has 0 fully saturated rings. The van der Waals surface area contributed by atoms with Gasteiger partial charge in [-0.15, -0.1) is 0 Å². The van der Waals surface area contributed by atoms with E-state index in [0.29, 0.717) is 17.5 Å². The molecule has 0 aliphatic carbocycles. The normalized spacial score (nSPS) is 12.2. The van der Waals surface area contributed by atoms with E-state index in [1.165, 1.54) is 5.56 Å². The van der Waals surface area contributed by atoms with Gasteiger partial charge in [0.1, 0.15) is 0 Å².